The van der Waals surface area contributed by atoms with E-state index in [1.807, 2.05) is 66.7 Å². The van der Waals surface area contributed by atoms with Crippen molar-refractivity contribution in [2.24, 2.45) is 7.05 Å². The van der Waals surface area contributed by atoms with E-state index < -0.39 is 18.5 Å². The molecular formula is C31H24N4O5. The zero-order valence-corrected chi connectivity index (χ0v) is 21.8. The van der Waals surface area contributed by atoms with Gasteiger partial charge in [0.15, 0.2) is 12.2 Å². The van der Waals surface area contributed by atoms with E-state index in [1.54, 1.807) is 42.9 Å². The summed E-state index contributed by atoms with van der Waals surface area (Å²) in [6.45, 7) is 1.16. The Hall–Kier alpha value is -5.44. The molecule has 2 heterocycles. The number of rotatable bonds is 6. The first kappa shape index (κ1) is 24.9. The van der Waals surface area contributed by atoms with Gasteiger partial charge in [0, 0.05) is 18.0 Å². The molecule has 0 spiro atoms. The Morgan fingerprint density at radius 3 is 2.42 bits per heavy atom. The van der Waals surface area contributed by atoms with Crippen molar-refractivity contribution in [3.63, 3.8) is 0 Å². The number of hydrogen-bond donors (Lipinski definition) is 1. The van der Waals surface area contributed by atoms with Crippen LogP contribution >= 0.6 is 0 Å². The van der Waals surface area contributed by atoms with Gasteiger partial charge in [-0.2, -0.15) is 0 Å². The third-order valence-electron chi connectivity index (χ3n) is 6.80. The second-order valence-electron chi connectivity index (χ2n) is 9.26. The Morgan fingerprint density at radius 1 is 0.925 bits per heavy atom. The molecule has 0 radical (unpaired) electrons. The lowest BCUT2D eigenvalue weighted by atomic mass is 9.99. The molecule has 0 atom stereocenters. The van der Waals surface area contributed by atoms with Gasteiger partial charge in [0.1, 0.15) is 11.2 Å². The molecule has 6 rings (SSSR count). The minimum atomic E-state index is -0.684. The summed E-state index contributed by atoms with van der Waals surface area (Å²) in [4.78, 5) is 43.7. The van der Waals surface area contributed by atoms with Crippen LogP contribution in [0, 0.1) is 6.92 Å². The number of nitrogens with zero attached hydrogens (tertiary/aromatic N) is 3. The molecule has 2 aromatic heterocycles. The van der Waals surface area contributed by atoms with Gasteiger partial charge < -0.3 is 14.5 Å². The number of ether oxygens (including phenoxy) is 1. The molecule has 1 amide bonds. The summed E-state index contributed by atoms with van der Waals surface area (Å²) in [6, 6.07) is 27.3. The second-order valence-corrected chi connectivity index (χ2v) is 9.26. The van der Waals surface area contributed by atoms with Gasteiger partial charge in [-0.05, 0) is 48.7 Å². The largest absolute Gasteiger partial charge is 0.452 e. The fourth-order valence-electron chi connectivity index (χ4n) is 4.77. The zero-order chi connectivity index (χ0) is 27.8. The van der Waals surface area contributed by atoms with Crippen molar-refractivity contribution in [2.75, 3.05) is 11.9 Å². The third kappa shape index (κ3) is 4.33. The van der Waals surface area contributed by atoms with Crippen molar-refractivity contribution in [3.8, 4) is 17.1 Å². The highest BCUT2D eigenvalue weighted by Gasteiger charge is 2.21. The Labute approximate surface area is 228 Å². The number of carbonyl (C=O) groups is 2. The van der Waals surface area contributed by atoms with Crippen LogP contribution in [-0.4, -0.2) is 32.8 Å². The fraction of sp³-hybridized carbons (Fsp3) is 0.0968. The monoisotopic (exact) mass is 532 g/mol. The van der Waals surface area contributed by atoms with Crippen LogP contribution < -0.4 is 10.9 Å². The molecule has 40 heavy (non-hydrogen) atoms. The van der Waals surface area contributed by atoms with E-state index in [2.05, 4.69) is 10.3 Å². The summed E-state index contributed by atoms with van der Waals surface area (Å²) in [6.07, 6.45) is 0. The average Bonchev–Trinajstić information content (AvgIpc) is 3.50. The maximum Gasteiger partial charge on any atom is 0.339 e. The molecule has 0 saturated heterocycles. The number of amides is 1. The molecular weight excluding hydrogens is 508 g/mol. The average molecular weight is 533 g/mol. The van der Waals surface area contributed by atoms with Gasteiger partial charge in [0.25, 0.3) is 11.5 Å². The van der Waals surface area contributed by atoms with Crippen molar-refractivity contribution in [2.45, 2.75) is 6.92 Å². The topological polar surface area (TPSA) is 108 Å². The Morgan fingerprint density at radius 2 is 1.65 bits per heavy atom. The number of hydrogen-bond acceptors (Lipinski definition) is 6. The van der Waals surface area contributed by atoms with Crippen molar-refractivity contribution in [3.05, 3.63) is 113 Å². The number of fused-ring (bicyclic) bond motifs is 2. The predicted molar refractivity (Wildman–Crippen MR) is 152 cm³/mol. The van der Waals surface area contributed by atoms with Gasteiger partial charge in [-0.25, -0.2) is 14.5 Å². The Kier molecular flexibility index (Phi) is 6.24. The van der Waals surface area contributed by atoms with Crippen LogP contribution in [0.25, 0.3) is 39.0 Å². The second kappa shape index (κ2) is 10.0. The molecule has 0 saturated carbocycles. The smallest absolute Gasteiger partial charge is 0.339 e. The maximum absolute atomic E-state index is 13.2. The summed E-state index contributed by atoms with van der Waals surface area (Å²) < 4.78 is 14.5. The molecule has 198 valence electrons. The van der Waals surface area contributed by atoms with Crippen molar-refractivity contribution >= 4 is 39.4 Å². The number of anilines is 1. The lowest BCUT2D eigenvalue weighted by Crippen LogP contribution is -2.26. The van der Waals surface area contributed by atoms with E-state index in [1.165, 1.54) is 4.68 Å². The van der Waals surface area contributed by atoms with Crippen LogP contribution in [0.4, 0.5) is 5.69 Å². The van der Waals surface area contributed by atoms with Gasteiger partial charge in [-0.3, -0.25) is 14.3 Å². The lowest BCUT2D eigenvalue weighted by Gasteiger charge is -2.10. The van der Waals surface area contributed by atoms with E-state index in [-0.39, 0.29) is 16.8 Å². The molecule has 0 aliphatic heterocycles. The van der Waals surface area contributed by atoms with Gasteiger partial charge >= 0.3 is 5.97 Å². The van der Waals surface area contributed by atoms with Crippen LogP contribution in [0.3, 0.4) is 0 Å². The first-order valence-corrected chi connectivity index (χ1v) is 12.6. The standard InChI is InChI=1S/C31H24N4O5/c1-19-28(30(37)35(34(19)2)21-12-4-3-5-13-21)33-26(36)18-39-31(38)23-15-9-11-20-10-8-14-22(27(20)23)29-32-24-16-6-7-17-25(24)40-29/h3-17H,18H2,1-2H3,(H,33,36). The van der Waals surface area contributed by atoms with Crippen molar-refractivity contribution < 1.29 is 18.7 Å². The molecule has 0 aliphatic rings. The highest BCUT2D eigenvalue weighted by molar-refractivity contribution is 6.10. The number of aromatic nitrogens is 3. The number of oxazole rings is 1. The van der Waals surface area contributed by atoms with Crippen LogP contribution in [0.1, 0.15) is 16.1 Å². The van der Waals surface area contributed by atoms with E-state index in [4.69, 9.17) is 9.15 Å². The quantitative estimate of drug-likeness (QED) is 0.294. The first-order valence-electron chi connectivity index (χ1n) is 12.6. The van der Waals surface area contributed by atoms with Gasteiger partial charge in [0.05, 0.1) is 16.9 Å². The first-order chi connectivity index (χ1) is 19.4. The minimum absolute atomic E-state index is 0.121. The summed E-state index contributed by atoms with van der Waals surface area (Å²) in [5.74, 6) is -0.936. The zero-order valence-electron chi connectivity index (χ0n) is 21.8. The van der Waals surface area contributed by atoms with Crippen LogP contribution in [0.2, 0.25) is 0 Å². The molecule has 4 aromatic carbocycles. The van der Waals surface area contributed by atoms with Crippen LogP contribution in [0.5, 0.6) is 0 Å². The Bertz CT molecular complexity index is 1930. The molecule has 6 aromatic rings. The normalized spacial score (nSPS) is 11.2. The van der Waals surface area contributed by atoms with Gasteiger partial charge in [0.2, 0.25) is 5.89 Å². The molecule has 0 unspecified atom stereocenters. The van der Waals surface area contributed by atoms with E-state index in [9.17, 15) is 14.4 Å². The van der Waals surface area contributed by atoms with Crippen molar-refractivity contribution in [1.29, 1.82) is 0 Å². The molecule has 9 heteroatoms. The van der Waals surface area contributed by atoms with Crippen LogP contribution in [0.15, 0.2) is 100 Å². The number of esters is 1. The fourth-order valence-corrected chi connectivity index (χ4v) is 4.77. The highest BCUT2D eigenvalue weighted by atomic mass is 16.5. The van der Waals surface area contributed by atoms with Crippen LogP contribution in [-0.2, 0) is 16.6 Å². The molecule has 9 nitrogen and oxygen atoms in total. The van der Waals surface area contributed by atoms with E-state index in [0.29, 0.717) is 39.3 Å². The SMILES string of the molecule is Cc1c(NC(=O)COC(=O)c2cccc3cccc(-c4nc5ccccc5o4)c23)c(=O)n(-c2ccccc2)n1C. The highest BCUT2D eigenvalue weighted by Crippen LogP contribution is 2.33. The summed E-state index contributed by atoms with van der Waals surface area (Å²) in [5, 5.41) is 4.01. The predicted octanol–water partition coefficient (Wildman–Crippen LogP) is 5.24. The maximum atomic E-state index is 13.2. The van der Waals surface area contributed by atoms with Gasteiger partial charge in [-0.15, -0.1) is 0 Å². The van der Waals surface area contributed by atoms with Crippen molar-refractivity contribution in [1.82, 2.24) is 14.3 Å². The lowest BCUT2D eigenvalue weighted by molar-refractivity contribution is -0.119. The molecule has 0 fully saturated rings. The summed E-state index contributed by atoms with van der Waals surface area (Å²) in [7, 11) is 1.73. The number of benzene rings is 4. The van der Waals surface area contributed by atoms with E-state index in [0.717, 1.165) is 5.39 Å². The van der Waals surface area contributed by atoms with E-state index >= 15 is 0 Å². The summed E-state index contributed by atoms with van der Waals surface area (Å²) in [5.41, 5.74) is 3.19. The number of nitrogens with one attached hydrogen (secondary N) is 1. The minimum Gasteiger partial charge on any atom is -0.452 e. The Balaban J connectivity index is 1.25. The molecule has 1 N–H and O–H groups in total. The number of para-hydroxylation sites is 3. The molecule has 0 aliphatic carbocycles. The molecule has 0 bridgehead atoms. The third-order valence-corrected chi connectivity index (χ3v) is 6.80. The van der Waals surface area contributed by atoms with Gasteiger partial charge in [-0.1, -0.05) is 54.6 Å². The summed E-state index contributed by atoms with van der Waals surface area (Å²) >= 11 is 0. The number of carbonyl (C=O) groups excluding carboxylic acids is 2.